The van der Waals surface area contributed by atoms with Gasteiger partial charge in [0, 0.05) is 11.6 Å². The molecule has 0 aromatic heterocycles. The molecule has 0 bridgehead atoms. The third-order valence-corrected chi connectivity index (χ3v) is 3.12. The van der Waals surface area contributed by atoms with Gasteiger partial charge >= 0.3 is 5.97 Å². The second-order valence-corrected chi connectivity index (χ2v) is 5.07. The number of amides is 1. The van der Waals surface area contributed by atoms with Crippen LogP contribution in [0.5, 0.6) is 5.75 Å². The molecular weight excluding hydrogens is 325 g/mol. The van der Waals surface area contributed by atoms with Crippen LogP contribution in [0, 0.1) is 5.82 Å². The van der Waals surface area contributed by atoms with Gasteiger partial charge in [0.1, 0.15) is 11.6 Å². The lowest BCUT2D eigenvalue weighted by Crippen LogP contribution is -2.24. The molecule has 0 spiro atoms. The van der Waals surface area contributed by atoms with Crippen LogP contribution in [0.25, 0.3) is 0 Å². The fourth-order valence-corrected chi connectivity index (χ4v) is 2.03. The van der Waals surface area contributed by atoms with Crippen LogP contribution in [0.15, 0.2) is 42.5 Å². The molecule has 120 valence electrons. The largest absolute Gasteiger partial charge is 0.481 e. The monoisotopic (exact) mass is 337 g/mol. The maximum Gasteiger partial charge on any atom is 0.341 e. The summed E-state index contributed by atoms with van der Waals surface area (Å²) < 4.78 is 18.2. The van der Waals surface area contributed by atoms with Crippen molar-refractivity contribution < 1.29 is 23.8 Å². The summed E-state index contributed by atoms with van der Waals surface area (Å²) in [5.74, 6) is -1.98. The van der Waals surface area contributed by atoms with Crippen molar-refractivity contribution in [1.29, 1.82) is 0 Å². The molecule has 2 aromatic carbocycles. The lowest BCUT2D eigenvalue weighted by Gasteiger charge is -2.11. The number of carboxylic acids is 1. The fourth-order valence-electron chi connectivity index (χ4n) is 1.87. The molecule has 23 heavy (non-hydrogen) atoms. The summed E-state index contributed by atoms with van der Waals surface area (Å²) in [4.78, 5) is 22.8. The smallest absolute Gasteiger partial charge is 0.341 e. The summed E-state index contributed by atoms with van der Waals surface area (Å²) in [5, 5.41) is 11.6. The minimum absolute atomic E-state index is 0.0663. The van der Waals surface area contributed by atoms with Crippen molar-refractivity contribution in [2.75, 3.05) is 6.61 Å². The molecule has 2 N–H and O–H groups in total. The molecule has 1 amide bonds. The maximum absolute atomic E-state index is 13.1. The summed E-state index contributed by atoms with van der Waals surface area (Å²) in [6.45, 7) is -0.470. The highest BCUT2D eigenvalue weighted by Gasteiger charge is 2.14. The molecule has 0 aliphatic carbocycles. The van der Waals surface area contributed by atoms with E-state index < -0.39 is 24.3 Å². The van der Waals surface area contributed by atoms with Gasteiger partial charge in [-0.15, -0.1) is 0 Å². The van der Waals surface area contributed by atoms with Crippen LogP contribution >= 0.6 is 11.6 Å². The summed E-state index contributed by atoms with van der Waals surface area (Å²) >= 11 is 5.83. The standard InChI is InChI=1S/C16H13ClFNO4/c17-11-4-5-13(14(7-11)23-9-15(20)21)16(22)19-8-10-2-1-3-12(18)6-10/h1-7H,8-9H2,(H,19,22)(H,20,21). The van der Waals surface area contributed by atoms with E-state index in [9.17, 15) is 14.0 Å². The van der Waals surface area contributed by atoms with E-state index >= 15 is 0 Å². The minimum Gasteiger partial charge on any atom is -0.481 e. The average molecular weight is 338 g/mol. The first-order valence-electron chi connectivity index (χ1n) is 6.62. The van der Waals surface area contributed by atoms with Gasteiger partial charge < -0.3 is 15.2 Å². The second kappa shape index (κ2) is 7.60. The highest BCUT2D eigenvalue weighted by atomic mass is 35.5. The predicted molar refractivity (Wildman–Crippen MR) is 82.2 cm³/mol. The number of aliphatic carboxylic acids is 1. The Kier molecular flexibility index (Phi) is 5.54. The van der Waals surface area contributed by atoms with Gasteiger partial charge in [-0.2, -0.15) is 0 Å². The van der Waals surface area contributed by atoms with Crippen LogP contribution in [0.4, 0.5) is 4.39 Å². The lowest BCUT2D eigenvalue weighted by atomic mass is 10.1. The normalized spacial score (nSPS) is 10.2. The zero-order valence-electron chi connectivity index (χ0n) is 11.9. The molecule has 2 aromatic rings. The zero-order chi connectivity index (χ0) is 16.8. The number of benzene rings is 2. The van der Waals surface area contributed by atoms with Crippen molar-refractivity contribution in [3.63, 3.8) is 0 Å². The molecule has 0 radical (unpaired) electrons. The third kappa shape index (κ3) is 4.96. The van der Waals surface area contributed by atoms with Crippen molar-refractivity contribution in [3.05, 3.63) is 64.4 Å². The lowest BCUT2D eigenvalue weighted by molar-refractivity contribution is -0.139. The molecule has 0 saturated carbocycles. The number of hydrogen-bond donors (Lipinski definition) is 2. The zero-order valence-corrected chi connectivity index (χ0v) is 12.6. The highest BCUT2D eigenvalue weighted by molar-refractivity contribution is 6.30. The Balaban J connectivity index is 2.10. The van der Waals surface area contributed by atoms with Gasteiger partial charge in [-0.3, -0.25) is 4.79 Å². The fraction of sp³-hybridized carbons (Fsp3) is 0.125. The van der Waals surface area contributed by atoms with E-state index in [1.54, 1.807) is 12.1 Å². The van der Waals surface area contributed by atoms with Crippen LogP contribution < -0.4 is 10.1 Å². The Morgan fingerprint density at radius 2 is 2.00 bits per heavy atom. The Labute approximate surface area is 136 Å². The van der Waals surface area contributed by atoms with E-state index in [4.69, 9.17) is 21.4 Å². The maximum atomic E-state index is 13.1. The van der Waals surface area contributed by atoms with Crippen molar-refractivity contribution >= 4 is 23.5 Å². The summed E-state index contributed by atoms with van der Waals surface area (Å²) in [6.07, 6.45) is 0. The molecule has 0 aliphatic rings. The molecule has 0 atom stereocenters. The number of nitrogens with one attached hydrogen (secondary N) is 1. The minimum atomic E-state index is -1.17. The van der Waals surface area contributed by atoms with Crippen LogP contribution in [0.3, 0.4) is 0 Å². The first-order chi connectivity index (χ1) is 11.0. The number of carbonyl (C=O) groups is 2. The van der Waals surface area contributed by atoms with Gasteiger partial charge in [-0.1, -0.05) is 23.7 Å². The molecule has 0 heterocycles. The van der Waals surface area contributed by atoms with Gasteiger partial charge in [0.25, 0.3) is 5.91 Å². The average Bonchev–Trinajstić information content (AvgIpc) is 2.51. The second-order valence-electron chi connectivity index (χ2n) is 4.64. The SMILES string of the molecule is O=C(O)COc1cc(Cl)ccc1C(=O)NCc1cccc(F)c1. The molecule has 0 aliphatic heterocycles. The van der Waals surface area contributed by atoms with Crippen LogP contribution in [-0.4, -0.2) is 23.6 Å². The Morgan fingerprint density at radius 3 is 2.70 bits per heavy atom. The molecule has 7 heteroatoms. The van der Waals surface area contributed by atoms with Crippen molar-refractivity contribution in [2.24, 2.45) is 0 Å². The Hall–Kier alpha value is -2.60. The van der Waals surface area contributed by atoms with Gasteiger partial charge in [0.05, 0.1) is 5.56 Å². The number of carboxylic acid groups (broad SMARTS) is 1. The van der Waals surface area contributed by atoms with Gasteiger partial charge in [0.15, 0.2) is 6.61 Å². The van der Waals surface area contributed by atoms with E-state index in [2.05, 4.69) is 5.32 Å². The topological polar surface area (TPSA) is 75.6 Å². The third-order valence-electron chi connectivity index (χ3n) is 2.88. The van der Waals surface area contributed by atoms with Gasteiger partial charge in [0.2, 0.25) is 0 Å². The van der Waals surface area contributed by atoms with E-state index in [0.717, 1.165) is 0 Å². The summed E-state index contributed by atoms with van der Waals surface area (Å²) in [6, 6.07) is 10.1. The quantitative estimate of drug-likeness (QED) is 0.850. The summed E-state index contributed by atoms with van der Waals surface area (Å²) in [7, 11) is 0. The Bertz CT molecular complexity index is 736. The van der Waals surface area contributed by atoms with Crippen molar-refractivity contribution in [3.8, 4) is 5.75 Å². The molecule has 5 nitrogen and oxygen atoms in total. The van der Waals surface area contributed by atoms with E-state index in [-0.39, 0.29) is 17.9 Å². The van der Waals surface area contributed by atoms with E-state index in [0.29, 0.717) is 10.6 Å². The van der Waals surface area contributed by atoms with Gasteiger partial charge in [-0.25, -0.2) is 9.18 Å². The number of halogens is 2. The van der Waals surface area contributed by atoms with Crippen LogP contribution in [0.1, 0.15) is 15.9 Å². The molecular formula is C16H13ClFNO4. The van der Waals surface area contributed by atoms with Crippen LogP contribution in [-0.2, 0) is 11.3 Å². The number of hydrogen-bond acceptors (Lipinski definition) is 3. The molecule has 0 saturated heterocycles. The Morgan fingerprint density at radius 1 is 1.22 bits per heavy atom. The summed E-state index contributed by atoms with van der Waals surface area (Å²) in [5.41, 5.74) is 0.743. The van der Waals surface area contributed by atoms with Crippen molar-refractivity contribution in [1.82, 2.24) is 5.32 Å². The van der Waals surface area contributed by atoms with E-state index in [1.807, 2.05) is 0 Å². The first-order valence-corrected chi connectivity index (χ1v) is 7.00. The van der Waals surface area contributed by atoms with Crippen molar-refractivity contribution in [2.45, 2.75) is 6.54 Å². The molecule has 0 unspecified atom stereocenters. The first kappa shape index (κ1) is 16.8. The van der Waals surface area contributed by atoms with Crippen LogP contribution in [0.2, 0.25) is 5.02 Å². The highest BCUT2D eigenvalue weighted by Crippen LogP contribution is 2.23. The molecule has 2 rings (SSSR count). The number of ether oxygens (including phenoxy) is 1. The van der Waals surface area contributed by atoms with E-state index in [1.165, 1.54) is 30.3 Å². The predicted octanol–water partition coefficient (Wildman–Crippen LogP) is 2.87. The molecule has 0 fully saturated rings. The number of carbonyl (C=O) groups excluding carboxylic acids is 1. The number of rotatable bonds is 6. The van der Waals surface area contributed by atoms with Gasteiger partial charge in [-0.05, 0) is 35.9 Å².